The fourth-order valence-electron chi connectivity index (χ4n) is 5.67. The Morgan fingerprint density at radius 2 is 1.97 bits per heavy atom. The van der Waals surface area contributed by atoms with Gasteiger partial charge in [0.25, 0.3) is 11.5 Å². The number of nitrogens with one attached hydrogen (secondary N) is 2. The molecule has 4 N–H and O–H groups in total. The third-order valence-electron chi connectivity index (χ3n) is 7.21. The third-order valence-corrected chi connectivity index (χ3v) is 7.53. The van der Waals surface area contributed by atoms with Crippen molar-refractivity contribution in [1.29, 1.82) is 0 Å². The van der Waals surface area contributed by atoms with Crippen molar-refractivity contribution in [2.24, 2.45) is 0 Å². The van der Waals surface area contributed by atoms with Gasteiger partial charge in [-0.1, -0.05) is 29.8 Å². The summed E-state index contributed by atoms with van der Waals surface area (Å²) in [7, 11) is 0. The third kappa shape index (κ3) is 3.59. The van der Waals surface area contributed by atoms with Gasteiger partial charge in [0.15, 0.2) is 5.65 Å². The number of anilines is 4. The van der Waals surface area contributed by atoms with E-state index in [1.165, 1.54) is 6.33 Å². The summed E-state index contributed by atoms with van der Waals surface area (Å²) in [4.78, 5) is 46.3. The molecule has 2 aromatic heterocycles. The van der Waals surface area contributed by atoms with Crippen molar-refractivity contribution in [3.63, 3.8) is 0 Å². The van der Waals surface area contributed by atoms with Gasteiger partial charge in [-0.3, -0.25) is 14.5 Å². The van der Waals surface area contributed by atoms with Crippen LogP contribution in [0.25, 0.3) is 11.0 Å². The molecular formula is C26H25ClN8O2. The Balaban J connectivity index is 1.56. The van der Waals surface area contributed by atoms with Crippen molar-refractivity contribution >= 4 is 51.7 Å². The van der Waals surface area contributed by atoms with Crippen LogP contribution in [0.15, 0.2) is 53.6 Å². The van der Waals surface area contributed by atoms with E-state index in [4.69, 9.17) is 17.3 Å². The minimum absolute atomic E-state index is 0.0248. The number of carbonyl (C=O) groups excluding carboxylic acids is 1. The molecule has 4 aromatic rings. The van der Waals surface area contributed by atoms with Crippen LogP contribution >= 0.6 is 11.6 Å². The number of nitrogen functional groups attached to an aromatic ring is 1. The van der Waals surface area contributed by atoms with Gasteiger partial charge in [0.05, 0.1) is 28.6 Å². The molecule has 1 saturated heterocycles. The summed E-state index contributed by atoms with van der Waals surface area (Å²) >= 11 is 6.52. The average Bonchev–Trinajstić information content (AvgIpc) is 3.34. The van der Waals surface area contributed by atoms with E-state index in [0.717, 1.165) is 24.1 Å². The first-order chi connectivity index (χ1) is 17.8. The second-order valence-electron chi connectivity index (χ2n) is 9.60. The Bertz CT molecular complexity index is 1620. The van der Waals surface area contributed by atoms with E-state index in [2.05, 4.69) is 25.3 Å². The van der Waals surface area contributed by atoms with Crippen LogP contribution in [-0.4, -0.2) is 44.1 Å². The number of amides is 1. The number of fused-ring (bicyclic) bond motifs is 2. The molecule has 6 rings (SSSR count). The first-order valence-electron chi connectivity index (χ1n) is 12.0. The highest BCUT2D eigenvalue weighted by Gasteiger charge is 2.52. The number of H-pyrrole nitrogens is 1. The molecule has 2 atom stereocenters. The molecule has 0 saturated carbocycles. The second-order valence-corrected chi connectivity index (χ2v) is 10.0. The quantitative estimate of drug-likeness (QED) is 0.375. The maximum absolute atomic E-state index is 14.2. The van der Waals surface area contributed by atoms with Gasteiger partial charge >= 0.3 is 0 Å². The number of halogens is 1. The van der Waals surface area contributed by atoms with Crippen LogP contribution in [0.2, 0.25) is 5.02 Å². The molecule has 1 unspecified atom stereocenters. The standard InChI is InChI=1S/C26H25ClN8O2/c1-14-6-3-7-15(12-14)35-24(37)19-16(27)8-4-9-17(19)33-26(35,2)18-10-5-11-34(18)22-20-21(31-25(28)32-22)29-13-30-23(20)36/h3-4,6-9,12-13,18,33H,5,10-11H2,1-2H3,(H3,28,29,30,31,32,36)/t18?,26-/m0/s1. The topological polar surface area (TPSA) is 133 Å². The van der Waals surface area contributed by atoms with E-state index in [0.29, 0.717) is 28.6 Å². The molecule has 0 radical (unpaired) electrons. The maximum atomic E-state index is 14.2. The van der Waals surface area contributed by atoms with Crippen molar-refractivity contribution < 1.29 is 4.79 Å². The molecule has 37 heavy (non-hydrogen) atoms. The Kier molecular flexibility index (Phi) is 5.30. The van der Waals surface area contributed by atoms with Gasteiger partial charge in [-0.2, -0.15) is 9.97 Å². The molecule has 188 valence electrons. The van der Waals surface area contributed by atoms with Crippen LogP contribution in [0.1, 0.15) is 35.7 Å². The van der Waals surface area contributed by atoms with Crippen molar-refractivity contribution in [3.05, 3.63) is 75.3 Å². The van der Waals surface area contributed by atoms with Crippen molar-refractivity contribution in [2.45, 2.75) is 38.4 Å². The van der Waals surface area contributed by atoms with E-state index in [-0.39, 0.29) is 34.5 Å². The summed E-state index contributed by atoms with van der Waals surface area (Å²) in [6.45, 7) is 4.59. The SMILES string of the molecule is Cc1cccc(N2C(=O)c3c(Cl)cccc3N[C@]2(C)C2CCCN2c2nc(N)nc3nc[nH]c(=O)c23)c1. The zero-order chi connectivity index (χ0) is 25.9. The molecule has 0 bridgehead atoms. The molecule has 0 spiro atoms. The number of aromatic nitrogens is 4. The lowest BCUT2D eigenvalue weighted by Gasteiger charge is -2.51. The predicted molar refractivity (Wildman–Crippen MR) is 144 cm³/mol. The number of aromatic amines is 1. The van der Waals surface area contributed by atoms with Crippen molar-refractivity contribution in [3.8, 4) is 0 Å². The minimum Gasteiger partial charge on any atom is -0.368 e. The lowest BCUT2D eigenvalue weighted by atomic mass is 9.91. The van der Waals surface area contributed by atoms with E-state index in [1.54, 1.807) is 11.0 Å². The Morgan fingerprint density at radius 3 is 2.78 bits per heavy atom. The maximum Gasteiger partial charge on any atom is 0.263 e. The number of rotatable bonds is 3. The Labute approximate surface area is 217 Å². The number of hydrogen-bond donors (Lipinski definition) is 3. The molecule has 4 heterocycles. The molecule has 10 nitrogen and oxygen atoms in total. The highest BCUT2D eigenvalue weighted by atomic mass is 35.5. The molecule has 1 fully saturated rings. The van der Waals surface area contributed by atoms with Crippen LogP contribution in [0, 0.1) is 6.92 Å². The smallest absolute Gasteiger partial charge is 0.263 e. The Morgan fingerprint density at radius 1 is 1.16 bits per heavy atom. The summed E-state index contributed by atoms with van der Waals surface area (Å²) in [6.07, 6.45) is 2.85. The number of nitrogens with two attached hydrogens (primary N) is 1. The van der Waals surface area contributed by atoms with E-state index >= 15 is 0 Å². The molecule has 2 aliphatic rings. The number of benzene rings is 2. The van der Waals surface area contributed by atoms with Gasteiger partial charge < -0.3 is 20.9 Å². The minimum atomic E-state index is -0.930. The molecule has 2 aromatic carbocycles. The van der Waals surface area contributed by atoms with E-state index in [9.17, 15) is 9.59 Å². The predicted octanol–water partition coefficient (Wildman–Crippen LogP) is 3.71. The van der Waals surface area contributed by atoms with Crippen LogP contribution < -0.4 is 26.4 Å². The first-order valence-corrected chi connectivity index (χ1v) is 12.4. The van der Waals surface area contributed by atoms with Crippen LogP contribution in [0.3, 0.4) is 0 Å². The van der Waals surface area contributed by atoms with E-state index < -0.39 is 5.66 Å². The lowest BCUT2D eigenvalue weighted by Crippen LogP contribution is -2.67. The van der Waals surface area contributed by atoms with Crippen LogP contribution in [-0.2, 0) is 0 Å². The summed E-state index contributed by atoms with van der Waals surface area (Å²) in [5.41, 5.74) is 7.82. The number of aryl methyl sites for hydroxylation is 1. The highest BCUT2D eigenvalue weighted by molar-refractivity contribution is 6.36. The molecule has 2 aliphatic heterocycles. The number of hydrogen-bond acceptors (Lipinski definition) is 8. The molecular weight excluding hydrogens is 492 g/mol. The lowest BCUT2D eigenvalue weighted by molar-refractivity contribution is 0.0950. The molecule has 11 heteroatoms. The monoisotopic (exact) mass is 516 g/mol. The van der Waals surface area contributed by atoms with E-state index in [1.807, 2.05) is 55.1 Å². The van der Waals surface area contributed by atoms with Gasteiger partial charge in [-0.05, 0) is 56.5 Å². The summed E-state index contributed by atoms with van der Waals surface area (Å²) < 4.78 is 0. The summed E-state index contributed by atoms with van der Waals surface area (Å²) in [5, 5.41) is 4.28. The van der Waals surface area contributed by atoms with Gasteiger partial charge in [-0.25, -0.2) is 4.98 Å². The fraction of sp³-hybridized carbons (Fsp3) is 0.269. The average molecular weight is 517 g/mol. The van der Waals surface area contributed by atoms with Gasteiger partial charge in [0.1, 0.15) is 16.9 Å². The van der Waals surface area contributed by atoms with Crippen molar-refractivity contribution in [2.75, 3.05) is 27.4 Å². The zero-order valence-electron chi connectivity index (χ0n) is 20.3. The second kappa shape index (κ2) is 8.45. The van der Waals surface area contributed by atoms with Crippen molar-refractivity contribution in [1.82, 2.24) is 19.9 Å². The van der Waals surface area contributed by atoms with Crippen LogP contribution in [0.4, 0.5) is 23.1 Å². The Hall–Kier alpha value is -4.18. The number of nitrogens with zero attached hydrogens (tertiary/aromatic N) is 5. The molecule has 1 amide bonds. The van der Waals surface area contributed by atoms with Gasteiger partial charge in [0, 0.05) is 12.2 Å². The highest BCUT2D eigenvalue weighted by Crippen LogP contribution is 2.44. The first kappa shape index (κ1) is 23.2. The van der Waals surface area contributed by atoms with Crippen LogP contribution in [0.5, 0.6) is 0 Å². The van der Waals surface area contributed by atoms with Gasteiger partial charge in [0.2, 0.25) is 5.95 Å². The zero-order valence-corrected chi connectivity index (χ0v) is 21.1. The summed E-state index contributed by atoms with van der Waals surface area (Å²) in [5.74, 6) is 0.221. The van der Waals surface area contributed by atoms with Gasteiger partial charge in [-0.15, -0.1) is 0 Å². The largest absolute Gasteiger partial charge is 0.368 e. The molecule has 0 aliphatic carbocycles. The summed E-state index contributed by atoms with van der Waals surface area (Å²) in [6, 6.07) is 12.9. The fourth-order valence-corrected chi connectivity index (χ4v) is 5.92. The number of carbonyl (C=O) groups is 1. The normalized spacial score (nSPS) is 21.3.